The minimum absolute atomic E-state index is 0.322. The van der Waals surface area contributed by atoms with E-state index in [4.69, 9.17) is 9.52 Å². The summed E-state index contributed by atoms with van der Waals surface area (Å²) in [5, 5.41) is 13.0. The first-order chi connectivity index (χ1) is 10.0. The third-order valence-electron chi connectivity index (χ3n) is 3.40. The van der Waals surface area contributed by atoms with Gasteiger partial charge in [-0.15, -0.1) is 0 Å². The number of carboxylic acids is 1. The average molecular weight is 289 g/mol. The van der Waals surface area contributed by atoms with Crippen LogP contribution >= 0.6 is 0 Å². The lowest BCUT2D eigenvalue weighted by molar-refractivity contribution is -0.139. The molecular weight excluding hydrogens is 270 g/mol. The summed E-state index contributed by atoms with van der Waals surface area (Å²) < 4.78 is 5.19. The quantitative estimate of drug-likeness (QED) is 0.798. The first-order valence-corrected chi connectivity index (χ1v) is 7.01. The molecule has 0 amide bonds. The maximum atomic E-state index is 11.6. The number of aryl methyl sites for hydroxylation is 1. The summed E-state index contributed by atoms with van der Waals surface area (Å²) in [6, 6.07) is 6.44. The highest BCUT2D eigenvalue weighted by atomic mass is 16.4. The Balaban J connectivity index is 2.29. The van der Waals surface area contributed by atoms with Crippen molar-refractivity contribution in [3.05, 3.63) is 45.8 Å². The average Bonchev–Trinajstić information content (AvgIpc) is 2.42. The topological polar surface area (TPSA) is 79.5 Å². The van der Waals surface area contributed by atoms with Crippen LogP contribution in [0.1, 0.15) is 30.9 Å². The van der Waals surface area contributed by atoms with Crippen molar-refractivity contribution < 1.29 is 14.3 Å². The van der Waals surface area contributed by atoms with Crippen LogP contribution in [-0.4, -0.2) is 17.1 Å². The van der Waals surface area contributed by atoms with Crippen LogP contribution in [0, 0.1) is 6.92 Å². The summed E-state index contributed by atoms with van der Waals surface area (Å²) in [6.07, 6.45) is 1.33. The summed E-state index contributed by atoms with van der Waals surface area (Å²) in [5.41, 5.74) is 1.86. The van der Waals surface area contributed by atoms with Gasteiger partial charge in [0.05, 0.1) is 0 Å². The van der Waals surface area contributed by atoms with Crippen molar-refractivity contribution in [2.75, 3.05) is 0 Å². The zero-order valence-corrected chi connectivity index (χ0v) is 12.2. The molecule has 0 saturated carbocycles. The van der Waals surface area contributed by atoms with E-state index in [2.05, 4.69) is 5.32 Å². The van der Waals surface area contributed by atoms with Gasteiger partial charge in [-0.3, -0.25) is 4.79 Å². The molecule has 0 radical (unpaired) electrons. The first-order valence-electron chi connectivity index (χ1n) is 7.01. The molecule has 1 heterocycles. The predicted octanol–water partition coefficient (Wildman–Crippen LogP) is 2.44. The second-order valence-corrected chi connectivity index (χ2v) is 5.15. The van der Waals surface area contributed by atoms with Gasteiger partial charge < -0.3 is 14.8 Å². The number of rotatable bonds is 6. The molecule has 2 rings (SSSR count). The molecule has 21 heavy (non-hydrogen) atoms. The van der Waals surface area contributed by atoms with Crippen molar-refractivity contribution >= 4 is 16.9 Å². The molecule has 0 saturated heterocycles. The largest absolute Gasteiger partial charge is 0.480 e. The van der Waals surface area contributed by atoms with Crippen LogP contribution in [-0.2, 0) is 11.3 Å². The van der Waals surface area contributed by atoms with E-state index < -0.39 is 17.6 Å². The number of benzene rings is 1. The number of hydrogen-bond acceptors (Lipinski definition) is 4. The lowest BCUT2D eigenvalue weighted by Gasteiger charge is -2.14. The Kier molecular flexibility index (Phi) is 4.75. The second kappa shape index (κ2) is 6.54. The maximum absolute atomic E-state index is 11.6. The van der Waals surface area contributed by atoms with Crippen LogP contribution in [0.15, 0.2) is 33.5 Å². The fourth-order valence-electron chi connectivity index (χ4n) is 2.32. The Labute approximate surface area is 122 Å². The Morgan fingerprint density at radius 3 is 2.81 bits per heavy atom. The highest BCUT2D eigenvalue weighted by molar-refractivity contribution is 5.81. The molecule has 112 valence electrons. The minimum atomic E-state index is -0.875. The van der Waals surface area contributed by atoms with E-state index >= 15 is 0 Å². The number of carbonyl (C=O) groups is 1. The number of carboxylic acid groups (broad SMARTS) is 1. The van der Waals surface area contributed by atoms with Crippen LogP contribution in [0.3, 0.4) is 0 Å². The van der Waals surface area contributed by atoms with Crippen molar-refractivity contribution in [2.45, 2.75) is 39.3 Å². The van der Waals surface area contributed by atoms with Crippen molar-refractivity contribution in [3.63, 3.8) is 0 Å². The summed E-state index contributed by atoms with van der Waals surface area (Å²) >= 11 is 0. The Bertz CT molecular complexity index is 705. The summed E-state index contributed by atoms with van der Waals surface area (Å²) in [7, 11) is 0. The minimum Gasteiger partial charge on any atom is -0.480 e. The maximum Gasteiger partial charge on any atom is 0.336 e. The number of hydrogen-bond donors (Lipinski definition) is 2. The normalized spacial score (nSPS) is 12.5. The van der Waals surface area contributed by atoms with Gasteiger partial charge in [-0.25, -0.2) is 4.79 Å². The molecule has 0 spiro atoms. The van der Waals surface area contributed by atoms with Gasteiger partial charge in [-0.05, 0) is 30.5 Å². The van der Waals surface area contributed by atoms with Gasteiger partial charge in [0.25, 0.3) is 0 Å². The summed E-state index contributed by atoms with van der Waals surface area (Å²) in [6.45, 7) is 4.18. The molecule has 1 atom stereocenters. The molecule has 5 nitrogen and oxygen atoms in total. The molecule has 0 fully saturated rings. The fraction of sp³-hybridized carbons (Fsp3) is 0.375. The first kappa shape index (κ1) is 15.3. The van der Waals surface area contributed by atoms with Crippen molar-refractivity contribution in [1.82, 2.24) is 5.32 Å². The molecule has 0 aliphatic heterocycles. The molecule has 1 unspecified atom stereocenters. The molecule has 5 heteroatoms. The van der Waals surface area contributed by atoms with Gasteiger partial charge in [-0.1, -0.05) is 25.5 Å². The van der Waals surface area contributed by atoms with E-state index in [9.17, 15) is 9.59 Å². The third kappa shape index (κ3) is 3.70. The molecular formula is C16H19NO4. The van der Waals surface area contributed by atoms with Crippen LogP contribution in [0.5, 0.6) is 0 Å². The highest BCUT2D eigenvalue weighted by Gasteiger charge is 2.16. The number of fused-ring (bicyclic) bond motifs is 1. The number of nitrogens with one attached hydrogen (secondary N) is 1. The molecule has 2 N–H and O–H groups in total. The van der Waals surface area contributed by atoms with E-state index in [-0.39, 0.29) is 0 Å². The zero-order chi connectivity index (χ0) is 15.4. The van der Waals surface area contributed by atoms with E-state index in [0.29, 0.717) is 18.5 Å². The lowest BCUT2D eigenvalue weighted by atomic mass is 10.1. The predicted molar refractivity (Wildman–Crippen MR) is 80.4 cm³/mol. The van der Waals surface area contributed by atoms with E-state index in [1.165, 1.54) is 6.07 Å². The van der Waals surface area contributed by atoms with Crippen LogP contribution in [0.2, 0.25) is 0 Å². The standard InChI is InChI=1S/C16H19NO4/c1-3-4-13(16(19)20)17-9-11-8-15(18)21-14-7-10(2)5-6-12(11)14/h5-8,13,17H,3-4,9H2,1-2H3,(H,19,20). The Hall–Kier alpha value is -2.14. The molecule has 1 aromatic carbocycles. The lowest BCUT2D eigenvalue weighted by Crippen LogP contribution is -2.36. The Morgan fingerprint density at radius 1 is 1.38 bits per heavy atom. The van der Waals surface area contributed by atoms with Gasteiger partial charge in [0, 0.05) is 18.0 Å². The summed E-state index contributed by atoms with van der Waals surface area (Å²) in [4.78, 5) is 22.8. The van der Waals surface area contributed by atoms with E-state index in [1.54, 1.807) is 6.07 Å². The highest BCUT2D eigenvalue weighted by Crippen LogP contribution is 2.18. The smallest absolute Gasteiger partial charge is 0.336 e. The van der Waals surface area contributed by atoms with Crippen molar-refractivity contribution in [1.29, 1.82) is 0 Å². The molecule has 0 aliphatic carbocycles. The second-order valence-electron chi connectivity index (χ2n) is 5.15. The molecule has 1 aromatic heterocycles. The Morgan fingerprint density at radius 2 is 2.14 bits per heavy atom. The van der Waals surface area contributed by atoms with Crippen LogP contribution in [0.4, 0.5) is 0 Å². The van der Waals surface area contributed by atoms with Crippen LogP contribution < -0.4 is 10.9 Å². The fourth-order valence-corrected chi connectivity index (χ4v) is 2.32. The monoisotopic (exact) mass is 289 g/mol. The SMILES string of the molecule is CCCC(NCc1cc(=O)oc2cc(C)ccc12)C(=O)O. The summed E-state index contributed by atoms with van der Waals surface area (Å²) in [5.74, 6) is -0.875. The number of aliphatic carboxylic acids is 1. The van der Waals surface area contributed by atoms with Gasteiger partial charge in [0.1, 0.15) is 11.6 Å². The van der Waals surface area contributed by atoms with E-state index in [0.717, 1.165) is 22.9 Å². The van der Waals surface area contributed by atoms with E-state index in [1.807, 2.05) is 26.0 Å². The van der Waals surface area contributed by atoms with Crippen molar-refractivity contribution in [2.24, 2.45) is 0 Å². The third-order valence-corrected chi connectivity index (χ3v) is 3.40. The van der Waals surface area contributed by atoms with Gasteiger partial charge in [0.2, 0.25) is 0 Å². The van der Waals surface area contributed by atoms with Crippen molar-refractivity contribution in [3.8, 4) is 0 Å². The zero-order valence-electron chi connectivity index (χ0n) is 12.2. The molecule has 0 bridgehead atoms. The van der Waals surface area contributed by atoms with Gasteiger partial charge in [0.15, 0.2) is 0 Å². The van der Waals surface area contributed by atoms with Gasteiger partial charge >= 0.3 is 11.6 Å². The molecule has 0 aliphatic rings. The van der Waals surface area contributed by atoms with Crippen LogP contribution in [0.25, 0.3) is 11.0 Å². The molecule has 2 aromatic rings. The van der Waals surface area contributed by atoms with Gasteiger partial charge in [-0.2, -0.15) is 0 Å².